The first-order chi connectivity index (χ1) is 5.25. The minimum atomic E-state index is -0.343. The molecule has 0 aromatic heterocycles. The first-order valence-electron chi connectivity index (χ1n) is 3.36. The maximum atomic E-state index is 10.8. The fourth-order valence-corrected chi connectivity index (χ4v) is 1.21. The number of carbonyl (C=O) groups is 2. The van der Waals surface area contributed by atoms with Crippen molar-refractivity contribution in [1.82, 2.24) is 5.32 Å². The summed E-state index contributed by atoms with van der Waals surface area (Å²) in [5, 5.41) is 2.57. The van der Waals surface area contributed by atoms with Gasteiger partial charge in [0.15, 0.2) is 5.78 Å². The number of aliphatic imine (C=N–C) groups is 1. The van der Waals surface area contributed by atoms with Crippen molar-refractivity contribution in [2.24, 2.45) is 4.99 Å². The van der Waals surface area contributed by atoms with Crippen LogP contribution < -0.4 is 5.32 Å². The van der Waals surface area contributed by atoms with Gasteiger partial charge in [-0.25, -0.2) is 4.79 Å². The van der Waals surface area contributed by atoms with Gasteiger partial charge < -0.3 is 5.32 Å². The third-order valence-electron chi connectivity index (χ3n) is 1.73. The summed E-state index contributed by atoms with van der Waals surface area (Å²) in [6, 6.07) is -0.510. The molecule has 2 rings (SSSR count). The van der Waals surface area contributed by atoms with Crippen molar-refractivity contribution >= 4 is 17.5 Å². The van der Waals surface area contributed by atoms with Gasteiger partial charge in [-0.1, -0.05) is 0 Å². The Morgan fingerprint density at radius 3 is 3.09 bits per heavy atom. The number of nitrogens with one attached hydrogen (secondary N) is 1. The van der Waals surface area contributed by atoms with Gasteiger partial charge in [0.2, 0.25) is 0 Å². The molecule has 4 heteroatoms. The fourth-order valence-electron chi connectivity index (χ4n) is 1.21. The molecule has 1 unspecified atom stereocenters. The minimum absolute atomic E-state index is 0.0381. The number of allylic oxidation sites excluding steroid dienone is 1. The van der Waals surface area contributed by atoms with Gasteiger partial charge in [0.25, 0.3) is 0 Å². The Kier molecular flexibility index (Phi) is 1.15. The number of nitrogens with zero attached hydrogens (tertiary/aromatic N) is 1. The SMILES string of the molecule is O=C1C=CC2=NC(=O)NC2C1. The minimum Gasteiger partial charge on any atom is -0.327 e. The summed E-state index contributed by atoms with van der Waals surface area (Å²) in [6.07, 6.45) is 3.39. The third kappa shape index (κ3) is 0.960. The molecular weight excluding hydrogens is 144 g/mol. The van der Waals surface area contributed by atoms with Crippen LogP contribution in [0.4, 0.5) is 4.79 Å². The monoisotopic (exact) mass is 150 g/mol. The Hall–Kier alpha value is -1.45. The number of urea groups is 1. The van der Waals surface area contributed by atoms with Crippen molar-refractivity contribution in [1.29, 1.82) is 0 Å². The number of rotatable bonds is 0. The van der Waals surface area contributed by atoms with Crippen LogP contribution in [-0.4, -0.2) is 23.6 Å². The fraction of sp³-hybridized carbons (Fsp3) is 0.286. The maximum Gasteiger partial charge on any atom is 0.341 e. The molecule has 1 N–H and O–H groups in total. The van der Waals surface area contributed by atoms with Gasteiger partial charge in [0, 0.05) is 6.42 Å². The van der Waals surface area contributed by atoms with Crippen molar-refractivity contribution in [3.05, 3.63) is 12.2 Å². The highest BCUT2D eigenvalue weighted by molar-refractivity contribution is 6.17. The van der Waals surface area contributed by atoms with Crippen LogP contribution in [0, 0.1) is 0 Å². The summed E-state index contributed by atoms with van der Waals surface area (Å²) in [4.78, 5) is 25.2. The van der Waals surface area contributed by atoms with Crippen LogP contribution in [0.5, 0.6) is 0 Å². The zero-order chi connectivity index (χ0) is 7.84. The summed E-state index contributed by atoms with van der Waals surface area (Å²) in [5.41, 5.74) is 0.676. The second-order valence-electron chi connectivity index (χ2n) is 2.54. The van der Waals surface area contributed by atoms with Crippen molar-refractivity contribution in [2.45, 2.75) is 12.5 Å². The van der Waals surface area contributed by atoms with Gasteiger partial charge in [0.1, 0.15) is 0 Å². The van der Waals surface area contributed by atoms with Crippen LogP contribution in [0.2, 0.25) is 0 Å². The molecule has 1 atom stereocenters. The molecule has 0 aromatic rings. The molecule has 0 aromatic carbocycles. The number of fused-ring (bicyclic) bond motifs is 1. The van der Waals surface area contributed by atoms with Gasteiger partial charge in [-0.15, -0.1) is 0 Å². The van der Waals surface area contributed by atoms with Crippen LogP contribution in [0.25, 0.3) is 0 Å². The predicted molar refractivity (Wildman–Crippen MR) is 38.5 cm³/mol. The van der Waals surface area contributed by atoms with Gasteiger partial charge in [-0.05, 0) is 12.2 Å². The van der Waals surface area contributed by atoms with E-state index in [4.69, 9.17) is 0 Å². The Morgan fingerprint density at radius 1 is 1.45 bits per heavy atom. The summed E-state index contributed by atoms with van der Waals surface area (Å²) < 4.78 is 0. The lowest BCUT2D eigenvalue weighted by Gasteiger charge is -2.11. The number of hydrogen-bond donors (Lipinski definition) is 1. The largest absolute Gasteiger partial charge is 0.341 e. The number of hydrogen-bond acceptors (Lipinski definition) is 2. The highest BCUT2D eigenvalue weighted by Crippen LogP contribution is 2.11. The van der Waals surface area contributed by atoms with E-state index in [0.717, 1.165) is 0 Å². The van der Waals surface area contributed by atoms with Crippen LogP contribution in [0.1, 0.15) is 6.42 Å². The Labute approximate surface area is 63.0 Å². The molecule has 1 aliphatic carbocycles. The van der Waals surface area contributed by atoms with Gasteiger partial charge in [-0.2, -0.15) is 4.99 Å². The van der Waals surface area contributed by atoms with E-state index in [-0.39, 0.29) is 17.9 Å². The van der Waals surface area contributed by atoms with Crippen molar-refractivity contribution in [2.75, 3.05) is 0 Å². The Bertz CT molecular complexity index is 289. The van der Waals surface area contributed by atoms with E-state index in [1.165, 1.54) is 6.08 Å². The van der Waals surface area contributed by atoms with E-state index in [9.17, 15) is 9.59 Å². The van der Waals surface area contributed by atoms with Gasteiger partial charge in [0.05, 0.1) is 11.8 Å². The first kappa shape index (κ1) is 6.27. The highest BCUT2D eigenvalue weighted by Gasteiger charge is 2.28. The van der Waals surface area contributed by atoms with E-state index in [1.54, 1.807) is 6.08 Å². The molecule has 56 valence electrons. The predicted octanol–water partition coefficient (Wildman–Crippen LogP) is 0.0482. The molecule has 0 radical (unpaired) electrons. The lowest BCUT2D eigenvalue weighted by Crippen LogP contribution is -2.35. The van der Waals surface area contributed by atoms with E-state index in [1.807, 2.05) is 0 Å². The molecule has 0 bridgehead atoms. The molecule has 0 saturated carbocycles. The number of ketones is 1. The van der Waals surface area contributed by atoms with Crippen LogP contribution in [-0.2, 0) is 4.79 Å². The second-order valence-corrected chi connectivity index (χ2v) is 2.54. The van der Waals surface area contributed by atoms with Crippen LogP contribution in [0.3, 0.4) is 0 Å². The van der Waals surface area contributed by atoms with E-state index in [2.05, 4.69) is 10.3 Å². The average molecular weight is 150 g/mol. The van der Waals surface area contributed by atoms with Crippen LogP contribution in [0.15, 0.2) is 17.1 Å². The highest BCUT2D eigenvalue weighted by atomic mass is 16.2. The molecule has 1 aliphatic heterocycles. The maximum absolute atomic E-state index is 10.8. The molecule has 0 fully saturated rings. The molecule has 0 spiro atoms. The summed E-state index contributed by atoms with van der Waals surface area (Å²) in [6.45, 7) is 0. The van der Waals surface area contributed by atoms with Crippen molar-refractivity contribution in [3.63, 3.8) is 0 Å². The second kappa shape index (κ2) is 2.02. The average Bonchev–Trinajstić information content (AvgIpc) is 2.27. The Morgan fingerprint density at radius 2 is 2.27 bits per heavy atom. The molecule has 11 heavy (non-hydrogen) atoms. The number of carbonyl (C=O) groups excluding carboxylic acids is 2. The standard InChI is InChI=1S/C7H6N2O2/c10-4-1-2-5-6(3-4)9-7(11)8-5/h1-2,6H,3H2,(H,9,11). The smallest absolute Gasteiger partial charge is 0.327 e. The van der Waals surface area contributed by atoms with Gasteiger partial charge in [-0.3, -0.25) is 4.79 Å². The van der Waals surface area contributed by atoms with Crippen molar-refractivity contribution < 1.29 is 9.59 Å². The first-order valence-corrected chi connectivity index (χ1v) is 3.36. The molecule has 0 saturated heterocycles. The van der Waals surface area contributed by atoms with Crippen LogP contribution >= 0.6 is 0 Å². The van der Waals surface area contributed by atoms with Crippen molar-refractivity contribution in [3.8, 4) is 0 Å². The summed E-state index contributed by atoms with van der Waals surface area (Å²) >= 11 is 0. The quantitative estimate of drug-likeness (QED) is 0.530. The van der Waals surface area contributed by atoms with E-state index < -0.39 is 0 Å². The summed E-state index contributed by atoms with van der Waals surface area (Å²) in [5.74, 6) is 0.0381. The lowest BCUT2D eigenvalue weighted by molar-refractivity contribution is -0.114. The lowest BCUT2D eigenvalue weighted by atomic mass is 10.00. The van der Waals surface area contributed by atoms with Gasteiger partial charge >= 0.3 is 6.03 Å². The molecule has 2 aliphatic rings. The molecule has 2 amide bonds. The topological polar surface area (TPSA) is 58.5 Å². The number of amides is 2. The zero-order valence-corrected chi connectivity index (χ0v) is 5.70. The van der Waals surface area contributed by atoms with E-state index in [0.29, 0.717) is 12.1 Å². The van der Waals surface area contributed by atoms with E-state index >= 15 is 0 Å². The molecular formula is C7H6N2O2. The molecule has 1 heterocycles. The normalized spacial score (nSPS) is 28.0. The molecule has 4 nitrogen and oxygen atoms in total. The third-order valence-corrected chi connectivity index (χ3v) is 1.73. The Balaban J connectivity index is 2.32. The zero-order valence-electron chi connectivity index (χ0n) is 5.70. The summed E-state index contributed by atoms with van der Waals surface area (Å²) in [7, 11) is 0.